The molecule has 17 N–H and O–H groups in total. The Morgan fingerprint density at radius 2 is 1.49 bits per heavy atom. The van der Waals surface area contributed by atoms with Crippen LogP contribution in [0.5, 0.6) is 5.75 Å². The number of aliphatic hydroxyl groups excluding tert-OH is 3. The normalized spacial score (nSPS) is 25.0. The van der Waals surface area contributed by atoms with E-state index in [0.717, 1.165) is 4.90 Å². The van der Waals surface area contributed by atoms with Crippen molar-refractivity contribution in [2.75, 3.05) is 37.3 Å². The number of carbonyl (C=O) groups is 11. The van der Waals surface area contributed by atoms with E-state index < -0.39 is 206 Å². The van der Waals surface area contributed by atoms with Gasteiger partial charge in [-0.1, -0.05) is 53.2 Å². The summed E-state index contributed by atoms with van der Waals surface area (Å²) in [6, 6.07) is -0.346. The smallest absolute Gasteiger partial charge is 0.248 e. The summed E-state index contributed by atoms with van der Waals surface area (Å²) in [5.41, 5.74) is 12.8. The molecule has 3 aliphatic heterocycles. The van der Waals surface area contributed by atoms with Gasteiger partial charge < -0.3 is 93.8 Å². The number of aliphatic hydroxyl groups is 3. The van der Waals surface area contributed by atoms with E-state index in [1.807, 2.05) is 0 Å². The van der Waals surface area contributed by atoms with Gasteiger partial charge in [0.15, 0.2) is 6.04 Å². The van der Waals surface area contributed by atoms with E-state index in [-0.39, 0.29) is 39.8 Å². The molecule has 85 heavy (non-hydrogen) atoms. The average Bonchev–Trinajstić information content (AvgIpc) is 3.85. The molecule has 4 unspecified atom stereocenters. The van der Waals surface area contributed by atoms with E-state index in [0.29, 0.717) is 17.7 Å². The number of nitrogens with one attached hydrogen (secondary N) is 10. The lowest BCUT2D eigenvalue weighted by Gasteiger charge is -2.33. The molecule has 2 aromatic carbocycles. The predicted molar refractivity (Wildman–Crippen MR) is 305 cm³/mol. The highest BCUT2D eigenvalue weighted by Gasteiger charge is 2.45. The summed E-state index contributed by atoms with van der Waals surface area (Å²) >= 11 is -2.43. The SMILES string of the molecule is CC[C@H](C)[C@@H]1NC(=O)CNC(=O)C2Cc3c([nH]c4cc(OCc5ccc(NC(=O)[C@H](C)NC(=O)C(N)C(C)C)cc5)ccc34)[S+]([O-])CC(NC(=O)CNC1=O)C(=O)N[C@@H](CCC(N)=O)C(=O)N1C[C@H](O)C[C@H]1C(=O)N[C@@H]([C@@H](C)[C@@H](O)CO)C(=O)N2. The Morgan fingerprint density at radius 1 is 0.824 bits per heavy atom. The third-order valence-electron chi connectivity index (χ3n) is 15.2. The van der Waals surface area contributed by atoms with Crippen LogP contribution in [0.1, 0.15) is 78.4 Å². The van der Waals surface area contributed by atoms with Crippen LogP contribution in [0.2, 0.25) is 0 Å². The van der Waals surface area contributed by atoms with E-state index in [1.165, 1.54) is 19.9 Å². The van der Waals surface area contributed by atoms with Gasteiger partial charge in [-0.15, -0.1) is 0 Å². The fraction of sp³-hybridized carbons (Fsp3) is 0.545. The molecule has 0 spiro atoms. The molecule has 0 aliphatic carbocycles. The number of nitrogens with two attached hydrogens (primary N) is 2. The van der Waals surface area contributed by atoms with Crippen LogP contribution >= 0.6 is 0 Å². The molecule has 30 heteroatoms. The number of hydrogen-bond acceptors (Lipinski definition) is 17. The highest BCUT2D eigenvalue weighted by molar-refractivity contribution is 7.91. The summed E-state index contributed by atoms with van der Waals surface area (Å²) in [5, 5.41) is 54.9. The maximum absolute atomic E-state index is 15.1. The molecule has 13 atom stereocenters. The Labute approximate surface area is 492 Å². The van der Waals surface area contributed by atoms with Crippen LogP contribution in [0.15, 0.2) is 47.5 Å². The number of ether oxygens (including phenoxy) is 1. The summed E-state index contributed by atoms with van der Waals surface area (Å²) in [5.74, 6) is -12.4. The minimum Gasteiger partial charge on any atom is -0.610 e. The number of rotatable bonds is 16. The van der Waals surface area contributed by atoms with Crippen LogP contribution in [0.25, 0.3) is 10.9 Å². The van der Waals surface area contributed by atoms with E-state index in [4.69, 9.17) is 16.2 Å². The summed E-state index contributed by atoms with van der Waals surface area (Å²) in [7, 11) is 0. The molecule has 4 heterocycles. The number of hydrogen-bond donors (Lipinski definition) is 15. The predicted octanol–water partition coefficient (Wildman–Crippen LogP) is -4.23. The fourth-order valence-electron chi connectivity index (χ4n) is 9.70. The van der Waals surface area contributed by atoms with Crippen LogP contribution in [0.3, 0.4) is 0 Å². The third kappa shape index (κ3) is 17.4. The molecule has 0 saturated carbocycles. The Balaban J connectivity index is 1.44. The van der Waals surface area contributed by atoms with Crippen molar-refractivity contribution in [3.8, 4) is 5.75 Å². The van der Waals surface area contributed by atoms with Gasteiger partial charge in [0.1, 0.15) is 54.4 Å². The first-order valence-corrected chi connectivity index (χ1v) is 29.2. The number of carbonyl (C=O) groups excluding carboxylic acids is 11. The van der Waals surface area contributed by atoms with Crippen LogP contribution in [0, 0.1) is 17.8 Å². The Hall–Kier alpha value is -7.90. The molecule has 2 bridgehead atoms. The quantitative estimate of drug-likeness (QED) is 0.0604. The number of nitrogens with zero attached hydrogens (tertiary/aromatic N) is 1. The number of anilines is 1. The number of benzene rings is 2. The van der Waals surface area contributed by atoms with Gasteiger partial charge in [-0.3, -0.25) is 52.7 Å². The van der Waals surface area contributed by atoms with E-state index in [9.17, 15) is 68.1 Å². The monoisotopic (exact) mass is 1210 g/mol. The highest BCUT2D eigenvalue weighted by atomic mass is 32.2. The first-order valence-electron chi connectivity index (χ1n) is 27.9. The maximum atomic E-state index is 15.1. The number of primary amides is 1. The Bertz CT molecular complexity index is 2980. The zero-order chi connectivity index (χ0) is 62.6. The van der Waals surface area contributed by atoms with Gasteiger partial charge >= 0.3 is 0 Å². The number of H-pyrrole nitrogens is 1. The van der Waals surface area contributed by atoms with Crippen LogP contribution < -0.4 is 64.1 Å². The fourth-order valence-corrected chi connectivity index (χ4v) is 11.1. The van der Waals surface area contributed by atoms with Crippen molar-refractivity contribution >= 4 is 92.7 Å². The van der Waals surface area contributed by atoms with Crippen molar-refractivity contribution in [1.82, 2.24) is 52.4 Å². The molecular formula is C55H77N13O16S. The standard InChI is InChI=1S/C55H77N13O16S/c1-7-26(4)45-52(80)59-19-42(73)62-38-24-85(83)54-34(33-13-12-32(17-36(33)65-54)84-23-29-8-10-30(11-9-29)61-47(75)28(6)60-51(79)44(57)25(2)3)18-37(48(76)58-20-43(74)66-45)64-53(81)46(27(5)40(71)22-69)67-50(78)39-16-31(70)21-68(39)55(82)35(63-49(38)77)14-15-41(56)72/h8-13,17,25-28,31,35,37-40,44-46,65,69-71H,7,14-16,18-24,57H2,1-6H3,(H2,56,72)(H,58,76)(H,59,80)(H,60,79)(H,61,75)(H,62,73)(H,63,77)(H,64,81)(H,66,74)(H,67,78)/t26-,27-,28-,31+,35-,37?,38?,39-,40-,44?,45-,46-,85?/m0/s1. The van der Waals surface area contributed by atoms with Gasteiger partial charge in [0, 0.05) is 65.6 Å². The molecule has 6 rings (SSSR count). The van der Waals surface area contributed by atoms with Crippen molar-refractivity contribution in [1.29, 1.82) is 0 Å². The first kappa shape index (κ1) is 66.2. The van der Waals surface area contributed by atoms with Crippen molar-refractivity contribution in [3.05, 3.63) is 53.6 Å². The van der Waals surface area contributed by atoms with Crippen molar-refractivity contribution < 1.29 is 77.3 Å². The second-order valence-corrected chi connectivity index (χ2v) is 23.4. The second kappa shape index (κ2) is 29.8. The lowest BCUT2D eigenvalue weighted by atomic mass is 9.93. The molecular weight excluding hydrogens is 1130 g/mol. The van der Waals surface area contributed by atoms with Gasteiger partial charge in [-0.05, 0) is 55.0 Å². The molecule has 464 valence electrons. The molecule has 0 radical (unpaired) electrons. The van der Waals surface area contributed by atoms with Crippen molar-refractivity contribution in [2.45, 2.75) is 146 Å². The minimum atomic E-state index is -2.43. The molecule has 3 aliphatic rings. The Morgan fingerprint density at radius 3 is 2.14 bits per heavy atom. The number of aromatic amines is 1. The molecule has 1 aromatic heterocycles. The Kier molecular flexibility index (Phi) is 23.2. The minimum absolute atomic E-state index is 0.0222. The van der Waals surface area contributed by atoms with Gasteiger partial charge in [0.05, 0.1) is 43.5 Å². The third-order valence-corrected chi connectivity index (χ3v) is 16.6. The lowest BCUT2D eigenvalue weighted by molar-refractivity contribution is -0.143. The zero-order valence-electron chi connectivity index (χ0n) is 48.0. The summed E-state index contributed by atoms with van der Waals surface area (Å²) in [4.78, 5) is 156. The molecule has 29 nitrogen and oxygen atoms in total. The second-order valence-electron chi connectivity index (χ2n) is 21.9. The summed E-state index contributed by atoms with van der Waals surface area (Å²) in [6.45, 7) is 6.80. The highest BCUT2D eigenvalue weighted by Crippen LogP contribution is 2.32. The lowest BCUT2D eigenvalue weighted by Crippen LogP contribution is -2.62. The maximum Gasteiger partial charge on any atom is 0.248 e. The van der Waals surface area contributed by atoms with E-state index in [2.05, 4.69) is 52.8 Å². The number of aromatic nitrogens is 1. The number of fused-ring (bicyclic) bond motifs is 5. The topological polar surface area (TPSA) is 460 Å². The van der Waals surface area contributed by atoms with Crippen molar-refractivity contribution in [2.24, 2.45) is 29.2 Å². The zero-order valence-corrected chi connectivity index (χ0v) is 48.8. The molecule has 11 amide bonds. The molecule has 3 aromatic rings. The largest absolute Gasteiger partial charge is 0.610 e. The van der Waals surface area contributed by atoms with Crippen LogP contribution in [-0.4, -0.2) is 187 Å². The van der Waals surface area contributed by atoms with Gasteiger partial charge in [0.2, 0.25) is 70.0 Å². The average molecular weight is 1210 g/mol. The van der Waals surface area contributed by atoms with E-state index >= 15 is 4.55 Å². The molecule has 1 saturated heterocycles. The summed E-state index contributed by atoms with van der Waals surface area (Å²) < 4.78 is 21.3. The van der Waals surface area contributed by atoms with Gasteiger partial charge in [-0.2, -0.15) is 0 Å². The molecule has 1 fully saturated rings. The van der Waals surface area contributed by atoms with Gasteiger partial charge in [0.25, 0.3) is 0 Å². The first-order chi connectivity index (χ1) is 40.2. The summed E-state index contributed by atoms with van der Waals surface area (Å²) in [6.07, 6.45) is -4.61. The van der Waals surface area contributed by atoms with Gasteiger partial charge in [-0.25, -0.2) is 0 Å². The van der Waals surface area contributed by atoms with Crippen molar-refractivity contribution in [3.63, 3.8) is 0 Å². The van der Waals surface area contributed by atoms with E-state index in [1.54, 1.807) is 64.1 Å². The van der Waals surface area contributed by atoms with Crippen LogP contribution in [0.4, 0.5) is 5.69 Å². The van der Waals surface area contributed by atoms with Crippen LogP contribution in [-0.2, 0) is 76.9 Å². The number of amides is 11.